The average Bonchev–Trinajstić information content (AvgIpc) is 3.05. The minimum absolute atomic E-state index is 0.164. The van der Waals surface area contributed by atoms with Crippen LogP contribution in [0.15, 0.2) is 36.4 Å². The van der Waals surface area contributed by atoms with E-state index in [9.17, 15) is 0 Å². The summed E-state index contributed by atoms with van der Waals surface area (Å²) < 4.78 is 11.4. The number of fused-ring (bicyclic) bond motifs is 4. The molecule has 4 nitrogen and oxygen atoms in total. The fourth-order valence-electron chi connectivity index (χ4n) is 4.02. The average molecular weight is 334 g/mol. The number of hydrogen-bond donors (Lipinski definition) is 2. The van der Waals surface area contributed by atoms with Crippen molar-refractivity contribution in [3.8, 4) is 11.5 Å². The molecule has 0 amide bonds. The lowest BCUT2D eigenvalue weighted by molar-refractivity contribution is 0.171. The second-order valence-corrected chi connectivity index (χ2v) is 6.79. The number of aryl methyl sites for hydroxylation is 1. The first-order valence-electron chi connectivity index (χ1n) is 9.10. The van der Waals surface area contributed by atoms with Gasteiger partial charge in [0.1, 0.15) is 13.2 Å². The first-order valence-corrected chi connectivity index (χ1v) is 9.10. The van der Waals surface area contributed by atoms with Crippen LogP contribution >= 0.6 is 0 Å². The normalized spacial score (nSPS) is 19.0. The van der Waals surface area contributed by atoms with Crippen LogP contribution in [-0.4, -0.2) is 24.7 Å². The van der Waals surface area contributed by atoms with Gasteiger partial charge in [-0.3, -0.25) is 0 Å². The molecule has 0 saturated heterocycles. The van der Waals surface area contributed by atoms with Crippen LogP contribution in [0.1, 0.15) is 35.3 Å². The fourth-order valence-corrected chi connectivity index (χ4v) is 4.02. The van der Waals surface area contributed by atoms with Crippen molar-refractivity contribution in [3.05, 3.63) is 58.8 Å². The number of aromatic amines is 1. The minimum Gasteiger partial charge on any atom is -0.486 e. The molecule has 2 aliphatic heterocycles. The third-order valence-corrected chi connectivity index (χ3v) is 5.32. The molecule has 5 rings (SSSR count). The number of H-pyrrole nitrogens is 1. The van der Waals surface area contributed by atoms with Crippen molar-refractivity contribution in [1.29, 1.82) is 0 Å². The minimum atomic E-state index is 0.164. The zero-order valence-corrected chi connectivity index (χ0v) is 14.4. The van der Waals surface area contributed by atoms with Gasteiger partial charge < -0.3 is 19.8 Å². The Morgan fingerprint density at radius 1 is 1.04 bits per heavy atom. The van der Waals surface area contributed by atoms with Gasteiger partial charge in [-0.25, -0.2) is 0 Å². The molecule has 2 N–H and O–H groups in total. The summed E-state index contributed by atoms with van der Waals surface area (Å²) in [5.74, 6) is 1.69. The molecule has 1 atom stereocenters. The van der Waals surface area contributed by atoms with E-state index in [2.05, 4.69) is 47.6 Å². The maximum absolute atomic E-state index is 5.77. The van der Waals surface area contributed by atoms with Crippen molar-refractivity contribution in [1.82, 2.24) is 10.3 Å². The van der Waals surface area contributed by atoms with Crippen LogP contribution in [0.5, 0.6) is 11.5 Å². The Morgan fingerprint density at radius 3 is 2.80 bits per heavy atom. The van der Waals surface area contributed by atoms with Crippen LogP contribution in [-0.2, 0) is 12.8 Å². The number of ether oxygens (including phenoxy) is 2. The van der Waals surface area contributed by atoms with Gasteiger partial charge in [0, 0.05) is 23.1 Å². The summed E-state index contributed by atoms with van der Waals surface area (Å²) in [7, 11) is 0. The van der Waals surface area contributed by atoms with Gasteiger partial charge in [-0.1, -0.05) is 19.1 Å². The van der Waals surface area contributed by atoms with Crippen molar-refractivity contribution >= 4 is 10.9 Å². The van der Waals surface area contributed by atoms with Crippen molar-refractivity contribution in [2.24, 2.45) is 0 Å². The van der Waals surface area contributed by atoms with Crippen molar-refractivity contribution < 1.29 is 9.47 Å². The van der Waals surface area contributed by atoms with E-state index in [1.807, 2.05) is 6.07 Å². The predicted octanol–water partition coefficient (Wildman–Crippen LogP) is 3.74. The number of rotatable bonds is 2. The Bertz CT molecular complexity index is 944. The van der Waals surface area contributed by atoms with E-state index in [1.54, 1.807) is 0 Å². The largest absolute Gasteiger partial charge is 0.486 e. The molecule has 0 spiro atoms. The van der Waals surface area contributed by atoms with Gasteiger partial charge >= 0.3 is 0 Å². The highest BCUT2D eigenvalue weighted by Crippen LogP contribution is 2.38. The monoisotopic (exact) mass is 334 g/mol. The van der Waals surface area contributed by atoms with Crippen LogP contribution in [0.3, 0.4) is 0 Å². The Hall–Kier alpha value is -2.46. The zero-order valence-electron chi connectivity index (χ0n) is 14.4. The Balaban J connectivity index is 1.61. The lowest BCUT2D eigenvalue weighted by Crippen LogP contribution is -2.30. The molecular formula is C21H22N2O2. The molecule has 25 heavy (non-hydrogen) atoms. The fraction of sp³-hybridized carbons (Fsp3) is 0.333. The molecule has 1 aromatic heterocycles. The zero-order chi connectivity index (χ0) is 16.8. The molecule has 2 aromatic carbocycles. The number of nitrogens with one attached hydrogen (secondary N) is 2. The first kappa shape index (κ1) is 14.8. The summed E-state index contributed by atoms with van der Waals surface area (Å²) in [5.41, 5.74) is 6.57. The van der Waals surface area contributed by atoms with Gasteiger partial charge in [-0.2, -0.15) is 0 Å². The maximum atomic E-state index is 5.77. The van der Waals surface area contributed by atoms with E-state index in [4.69, 9.17) is 9.47 Å². The van der Waals surface area contributed by atoms with Crippen LogP contribution in [0, 0.1) is 0 Å². The second-order valence-electron chi connectivity index (χ2n) is 6.79. The summed E-state index contributed by atoms with van der Waals surface area (Å²) >= 11 is 0. The molecule has 3 heterocycles. The predicted molar refractivity (Wildman–Crippen MR) is 98.7 cm³/mol. The van der Waals surface area contributed by atoms with E-state index < -0.39 is 0 Å². The van der Waals surface area contributed by atoms with Gasteiger partial charge in [0.2, 0.25) is 0 Å². The summed E-state index contributed by atoms with van der Waals surface area (Å²) in [6.07, 6.45) is 2.13. The third kappa shape index (κ3) is 2.40. The van der Waals surface area contributed by atoms with Crippen molar-refractivity contribution in [2.75, 3.05) is 19.8 Å². The van der Waals surface area contributed by atoms with E-state index in [1.165, 1.54) is 33.3 Å². The number of hydrogen-bond acceptors (Lipinski definition) is 3. The van der Waals surface area contributed by atoms with Crippen LogP contribution < -0.4 is 14.8 Å². The van der Waals surface area contributed by atoms with E-state index in [0.29, 0.717) is 13.2 Å². The maximum Gasteiger partial charge on any atom is 0.161 e. The number of aromatic nitrogens is 1. The summed E-state index contributed by atoms with van der Waals surface area (Å²) in [6, 6.07) is 13.2. The van der Waals surface area contributed by atoms with Crippen LogP contribution in [0.4, 0.5) is 0 Å². The standard InChI is InChI=1S/C21H22N2O2/c1-2-13-3-5-17-16(11-13)15-7-8-22-20(21(15)23-17)14-4-6-18-19(12-14)25-10-9-24-18/h3-6,11-12,20,22-23H,2,7-10H2,1H3. The molecule has 4 heteroatoms. The highest BCUT2D eigenvalue weighted by molar-refractivity contribution is 5.86. The van der Waals surface area contributed by atoms with Crippen molar-refractivity contribution in [3.63, 3.8) is 0 Å². The van der Waals surface area contributed by atoms with Crippen LogP contribution in [0.25, 0.3) is 10.9 Å². The molecule has 0 saturated carbocycles. The van der Waals surface area contributed by atoms with Gasteiger partial charge in [-0.05, 0) is 53.8 Å². The highest BCUT2D eigenvalue weighted by atomic mass is 16.6. The molecule has 3 aromatic rings. The highest BCUT2D eigenvalue weighted by Gasteiger charge is 2.26. The molecule has 0 aliphatic carbocycles. The Labute approximate surface area is 147 Å². The van der Waals surface area contributed by atoms with Gasteiger partial charge in [0.15, 0.2) is 11.5 Å². The SMILES string of the molecule is CCc1ccc2[nH]c3c(c2c1)CCNC3c1ccc2c(c1)OCCO2. The third-order valence-electron chi connectivity index (χ3n) is 5.32. The van der Waals surface area contributed by atoms with E-state index >= 15 is 0 Å². The first-order chi connectivity index (χ1) is 12.3. The topological polar surface area (TPSA) is 46.3 Å². The molecular weight excluding hydrogens is 312 g/mol. The van der Waals surface area contributed by atoms with Crippen LogP contribution in [0.2, 0.25) is 0 Å². The van der Waals surface area contributed by atoms with Crippen molar-refractivity contribution in [2.45, 2.75) is 25.8 Å². The summed E-state index contributed by atoms with van der Waals surface area (Å²) in [6.45, 7) is 4.43. The molecule has 0 bridgehead atoms. The number of benzene rings is 2. The smallest absolute Gasteiger partial charge is 0.161 e. The van der Waals surface area contributed by atoms with Gasteiger partial charge in [-0.15, -0.1) is 0 Å². The molecule has 0 radical (unpaired) electrons. The molecule has 2 aliphatic rings. The van der Waals surface area contributed by atoms with E-state index in [-0.39, 0.29) is 6.04 Å². The quantitative estimate of drug-likeness (QED) is 0.750. The lowest BCUT2D eigenvalue weighted by atomic mass is 9.93. The second kappa shape index (κ2) is 5.81. The summed E-state index contributed by atoms with van der Waals surface area (Å²) in [4.78, 5) is 3.66. The molecule has 0 fully saturated rings. The summed E-state index contributed by atoms with van der Waals surface area (Å²) in [5, 5.41) is 5.03. The van der Waals surface area contributed by atoms with Gasteiger partial charge in [0.05, 0.1) is 6.04 Å². The Morgan fingerprint density at radius 2 is 1.92 bits per heavy atom. The molecule has 1 unspecified atom stereocenters. The lowest BCUT2D eigenvalue weighted by Gasteiger charge is -2.26. The van der Waals surface area contributed by atoms with E-state index in [0.717, 1.165) is 30.9 Å². The molecule has 128 valence electrons. The van der Waals surface area contributed by atoms with Gasteiger partial charge in [0.25, 0.3) is 0 Å². The Kier molecular flexibility index (Phi) is 3.45.